The van der Waals surface area contributed by atoms with E-state index in [1.807, 2.05) is 0 Å². The Hall–Kier alpha value is -0.780. The summed E-state index contributed by atoms with van der Waals surface area (Å²) >= 11 is 0. The van der Waals surface area contributed by atoms with E-state index in [2.05, 4.69) is 50.3 Å². The number of unbranched alkanes of at least 4 members (excludes halogenated alkanes) is 6. The first-order valence-corrected chi connectivity index (χ1v) is 6.90. The van der Waals surface area contributed by atoms with E-state index >= 15 is 0 Å². The van der Waals surface area contributed by atoms with Crippen molar-refractivity contribution < 1.29 is 0 Å². The minimum absolute atomic E-state index is 1.21. The van der Waals surface area contributed by atoms with Gasteiger partial charge in [-0.3, -0.25) is 0 Å². The minimum atomic E-state index is 1.21. The van der Waals surface area contributed by atoms with E-state index in [-0.39, 0.29) is 0 Å². The fourth-order valence-electron chi connectivity index (χ4n) is 1.49. The minimum Gasteiger partial charge on any atom is -0.0845 e. The molecule has 0 aliphatic carbocycles. The molecule has 0 radical (unpaired) electrons. The van der Waals surface area contributed by atoms with Crippen LogP contribution in [0.5, 0.6) is 0 Å². The summed E-state index contributed by atoms with van der Waals surface area (Å²) in [6, 6.07) is 0. The molecule has 0 N–H and O–H groups in total. The number of allylic oxidation sites excluding steroid dienone is 6. The molecule has 0 nitrogen and oxygen atoms in total. The van der Waals surface area contributed by atoms with E-state index in [4.69, 9.17) is 0 Å². The molecule has 0 spiro atoms. The van der Waals surface area contributed by atoms with Crippen molar-refractivity contribution in [1.29, 1.82) is 0 Å². The Morgan fingerprint density at radius 1 is 0.562 bits per heavy atom. The van der Waals surface area contributed by atoms with Gasteiger partial charge in [0.05, 0.1) is 0 Å². The Morgan fingerprint density at radius 2 is 1.12 bits per heavy atom. The van der Waals surface area contributed by atoms with E-state index < -0.39 is 0 Å². The van der Waals surface area contributed by atoms with Crippen LogP contribution in [0.2, 0.25) is 0 Å². The maximum atomic E-state index is 2.27. The summed E-state index contributed by atoms with van der Waals surface area (Å²) in [4.78, 5) is 0. The van der Waals surface area contributed by atoms with Gasteiger partial charge in [0.25, 0.3) is 0 Å². The van der Waals surface area contributed by atoms with Gasteiger partial charge >= 0.3 is 0 Å². The number of hydrogen-bond acceptors (Lipinski definition) is 0. The van der Waals surface area contributed by atoms with Crippen LogP contribution < -0.4 is 0 Å². The van der Waals surface area contributed by atoms with Gasteiger partial charge in [-0.05, 0) is 19.3 Å². The molecule has 0 rings (SSSR count). The van der Waals surface area contributed by atoms with Crippen molar-refractivity contribution in [1.82, 2.24) is 0 Å². The molecular formula is C16H28. The lowest BCUT2D eigenvalue weighted by Crippen LogP contribution is -1.72. The number of rotatable bonds is 10. The van der Waals surface area contributed by atoms with Gasteiger partial charge in [-0.25, -0.2) is 0 Å². The quantitative estimate of drug-likeness (QED) is 0.321. The highest BCUT2D eigenvalue weighted by molar-refractivity contribution is 5.10. The van der Waals surface area contributed by atoms with Gasteiger partial charge in [0.15, 0.2) is 0 Å². The third-order valence-electron chi connectivity index (χ3n) is 2.55. The molecule has 0 aliphatic heterocycles. The third-order valence-corrected chi connectivity index (χ3v) is 2.55. The summed E-state index contributed by atoms with van der Waals surface area (Å²) in [7, 11) is 0. The zero-order valence-corrected chi connectivity index (χ0v) is 11.1. The van der Waals surface area contributed by atoms with Crippen molar-refractivity contribution in [3.63, 3.8) is 0 Å². The van der Waals surface area contributed by atoms with Crippen LogP contribution in [0.4, 0.5) is 0 Å². The summed E-state index contributed by atoms with van der Waals surface area (Å²) in [5.41, 5.74) is 0. The standard InChI is InChI=1S/C16H28/c1-3-5-7-9-11-13-15-16-14-12-10-8-6-4-2/h9,11,13-16H,3-8,10,12H2,1-2H3/b11-9+,15-13+,16-14-. The molecule has 0 heterocycles. The molecule has 0 aromatic carbocycles. The lowest BCUT2D eigenvalue weighted by atomic mass is 10.1. The van der Waals surface area contributed by atoms with Gasteiger partial charge in [0, 0.05) is 0 Å². The van der Waals surface area contributed by atoms with Crippen LogP contribution in [0.3, 0.4) is 0 Å². The second-order valence-corrected chi connectivity index (χ2v) is 4.23. The third kappa shape index (κ3) is 13.2. The van der Waals surface area contributed by atoms with Crippen molar-refractivity contribution >= 4 is 0 Å². The van der Waals surface area contributed by atoms with Crippen LogP contribution in [0.25, 0.3) is 0 Å². The van der Waals surface area contributed by atoms with Gasteiger partial charge in [-0.2, -0.15) is 0 Å². The Balaban J connectivity index is 3.30. The summed E-state index contributed by atoms with van der Waals surface area (Å²) in [6.07, 6.45) is 23.5. The average Bonchev–Trinajstić information content (AvgIpc) is 2.31. The van der Waals surface area contributed by atoms with Crippen molar-refractivity contribution in [3.8, 4) is 0 Å². The molecule has 0 amide bonds. The lowest BCUT2D eigenvalue weighted by Gasteiger charge is -1.92. The normalized spacial score (nSPS) is 12.4. The van der Waals surface area contributed by atoms with E-state index in [9.17, 15) is 0 Å². The van der Waals surface area contributed by atoms with Crippen LogP contribution in [0.15, 0.2) is 36.5 Å². The molecule has 0 aliphatic rings. The van der Waals surface area contributed by atoms with E-state index in [1.165, 1.54) is 51.4 Å². The summed E-state index contributed by atoms with van der Waals surface area (Å²) in [6.45, 7) is 4.48. The monoisotopic (exact) mass is 220 g/mol. The fourth-order valence-corrected chi connectivity index (χ4v) is 1.49. The van der Waals surface area contributed by atoms with Gasteiger partial charge in [0.1, 0.15) is 0 Å². The molecule has 0 bridgehead atoms. The van der Waals surface area contributed by atoms with E-state index in [1.54, 1.807) is 0 Å². The average molecular weight is 220 g/mol. The van der Waals surface area contributed by atoms with Crippen LogP contribution in [0.1, 0.15) is 65.2 Å². The first-order chi connectivity index (χ1) is 7.91. The van der Waals surface area contributed by atoms with Crippen LogP contribution >= 0.6 is 0 Å². The predicted octanol–water partition coefficient (Wildman–Crippen LogP) is 5.82. The molecule has 0 saturated carbocycles. The molecule has 0 aromatic heterocycles. The smallest absolute Gasteiger partial charge is 0.0348 e. The second-order valence-electron chi connectivity index (χ2n) is 4.23. The number of hydrogen-bond donors (Lipinski definition) is 0. The van der Waals surface area contributed by atoms with Crippen LogP contribution in [-0.4, -0.2) is 0 Å². The lowest BCUT2D eigenvalue weighted by molar-refractivity contribution is 0.674. The van der Waals surface area contributed by atoms with Gasteiger partial charge < -0.3 is 0 Å². The van der Waals surface area contributed by atoms with Crippen molar-refractivity contribution in [2.24, 2.45) is 0 Å². The fraction of sp³-hybridized carbons (Fsp3) is 0.625. The van der Waals surface area contributed by atoms with Crippen molar-refractivity contribution in [2.45, 2.75) is 65.2 Å². The Bertz CT molecular complexity index is 196. The van der Waals surface area contributed by atoms with Crippen molar-refractivity contribution in [3.05, 3.63) is 36.5 Å². The first kappa shape index (κ1) is 15.2. The van der Waals surface area contributed by atoms with Crippen molar-refractivity contribution in [2.75, 3.05) is 0 Å². The molecule has 0 saturated heterocycles. The molecule has 0 aromatic rings. The Kier molecular flexibility index (Phi) is 13.5. The largest absolute Gasteiger partial charge is 0.0845 e. The molecular weight excluding hydrogens is 192 g/mol. The molecule has 92 valence electrons. The van der Waals surface area contributed by atoms with E-state index in [0.717, 1.165) is 0 Å². The second kappa shape index (κ2) is 14.2. The highest BCUT2D eigenvalue weighted by Crippen LogP contribution is 2.02. The zero-order valence-electron chi connectivity index (χ0n) is 11.1. The van der Waals surface area contributed by atoms with E-state index in [0.29, 0.717) is 0 Å². The van der Waals surface area contributed by atoms with Crippen LogP contribution in [0, 0.1) is 0 Å². The molecule has 0 atom stereocenters. The Labute approximate surface area is 102 Å². The van der Waals surface area contributed by atoms with Gasteiger partial charge in [-0.15, -0.1) is 0 Å². The summed E-state index contributed by atoms with van der Waals surface area (Å²) < 4.78 is 0. The highest BCUT2D eigenvalue weighted by atomic mass is 13.9. The molecule has 0 fully saturated rings. The maximum Gasteiger partial charge on any atom is -0.0348 e. The van der Waals surface area contributed by atoms with Crippen LogP contribution in [-0.2, 0) is 0 Å². The maximum absolute atomic E-state index is 2.27. The molecule has 0 heteroatoms. The summed E-state index contributed by atoms with van der Waals surface area (Å²) in [5, 5.41) is 0. The van der Waals surface area contributed by atoms with Gasteiger partial charge in [-0.1, -0.05) is 82.4 Å². The zero-order chi connectivity index (χ0) is 11.9. The Morgan fingerprint density at radius 3 is 1.69 bits per heavy atom. The SMILES string of the molecule is CCCC/C=C/C=C/C=C\CCCCCC. The predicted molar refractivity (Wildman–Crippen MR) is 75.7 cm³/mol. The molecule has 0 unspecified atom stereocenters. The summed E-state index contributed by atoms with van der Waals surface area (Å²) in [5.74, 6) is 0. The molecule has 16 heavy (non-hydrogen) atoms. The first-order valence-electron chi connectivity index (χ1n) is 6.90. The highest BCUT2D eigenvalue weighted by Gasteiger charge is 1.82. The van der Waals surface area contributed by atoms with Gasteiger partial charge in [0.2, 0.25) is 0 Å². The topological polar surface area (TPSA) is 0 Å².